The first-order valence-electron chi connectivity index (χ1n) is 9.59. The Labute approximate surface area is 184 Å². The topological polar surface area (TPSA) is 114 Å². The van der Waals surface area contributed by atoms with Gasteiger partial charge >= 0.3 is 0 Å². The molecule has 0 atom stereocenters. The summed E-state index contributed by atoms with van der Waals surface area (Å²) in [6, 6.07) is 7.53. The van der Waals surface area contributed by atoms with E-state index in [2.05, 4.69) is 35.8 Å². The highest BCUT2D eigenvalue weighted by atomic mass is 35.5. The van der Waals surface area contributed by atoms with Gasteiger partial charge < -0.3 is 15.4 Å². The van der Waals surface area contributed by atoms with Gasteiger partial charge in [-0.25, -0.2) is 15.0 Å². The molecule has 0 spiro atoms. The number of nitrogens with zero attached hydrogens (tertiary/aromatic N) is 5. The zero-order valence-electron chi connectivity index (χ0n) is 17.0. The fourth-order valence-corrected chi connectivity index (χ4v) is 3.09. The third-order valence-electron chi connectivity index (χ3n) is 4.52. The number of ether oxygens (including phenoxy) is 1. The summed E-state index contributed by atoms with van der Waals surface area (Å²) >= 11 is 5.48. The van der Waals surface area contributed by atoms with Crippen LogP contribution in [0.1, 0.15) is 22.5 Å². The van der Waals surface area contributed by atoms with E-state index in [1.807, 2.05) is 32.0 Å². The number of fused-ring (bicyclic) bond motifs is 1. The summed E-state index contributed by atoms with van der Waals surface area (Å²) in [5, 5.41) is 14.2. The first-order valence-corrected chi connectivity index (χ1v) is 9.97. The number of amidine groups is 1. The maximum absolute atomic E-state index is 11.3. The first kappa shape index (κ1) is 20.7. The molecule has 0 fully saturated rings. The number of aliphatic imine (C=N–C) groups is 1. The minimum Gasteiger partial charge on any atom is -0.482 e. The fourth-order valence-electron chi connectivity index (χ4n) is 3.03. The number of aryl methyl sites for hydroxylation is 2. The molecule has 2 N–H and O–H groups in total. The molecule has 1 aliphatic heterocycles. The molecule has 0 radical (unpaired) electrons. The number of rotatable bonds is 6. The summed E-state index contributed by atoms with van der Waals surface area (Å²) in [6.45, 7) is 4.35. The Hall–Kier alpha value is -3.59. The van der Waals surface area contributed by atoms with Gasteiger partial charge in [0.05, 0.1) is 23.6 Å². The minimum absolute atomic E-state index is 0.257. The second-order valence-corrected chi connectivity index (χ2v) is 7.41. The van der Waals surface area contributed by atoms with Crippen LogP contribution in [0.4, 0.5) is 5.69 Å². The highest BCUT2D eigenvalue weighted by Gasteiger charge is 2.21. The van der Waals surface area contributed by atoms with Crippen LogP contribution in [-0.2, 0) is 11.3 Å². The third kappa shape index (κ3) is 4.95. The van der Waals surface area contributed by atoms with Gasteiger partial charge in [0.2, 0.25) is 0 Å². The second-order valence-electron chi connectivity index (χ2n) is 6.99. The summed E-state index contributed by atoms with van der Waals surface area (Å²) in [6.07, 6.45) is 3.48. The zero-order valence-corrected chi connectivity index (χ0v) is 17.8. The van der Waals surface area contributed by atoms with Gasteiger partial charge in [-0.1, -0.05) is 0 Å². The summed E-state index contributed by atoms with van der Waals surface area (Å²) in [4.78, 5) is 24.6. The van der Waals surface area contributed by atoms with Gasteiger partial charge in [0.25, 0.3) is 5.24 Å². The lowest BCUT2D eigenvalue weighted by molar-refractivity contribution is -0.113. The molecule has 3 aromatic rings. The lowest BCUT2D eigenvalue weighted by Crippen LogP contribution is -2.30. The van der Waals surface area contributed by atoms with Crippen LogP contribution in [0, 0.1) is 13.8 Å². The number of benzene rings is 1. The number of aromatic nitrogens is 4. The molecule has 0 saturated heterocycles. The van der Waals surface area contributed by atoms with Gasteiger partial charge in [0.15, 0.2) is 12.4 Å². The fraction of sp³-hybridized carbons (Fsp3) is 0.238. The Morgan fingerprint density at radius 2 is 2.00 bits per heavy atom. The molecule has 3 heterocycles. The van der Waals surface area contributed by atoms with Crippen LogP contribution in [0.3, 0.4) is 0 Å². The van der Waals surface area contributed by atoms with Gasteiger partial charge in [-0.05, 0) is 55.3 Å². The molecule has 10 heteroatoms. The molecule has 0 saturated carbocycles. The Balaban J connectivity index is 1.69. The molecule has 1 aliphatic rings. The summed E-state index contributed by atoms with van der Waals surface area (Å²) < 4.78 is 5.67. The molecular formula is C21H20ClN7O2. The van der Waals surface area contributed by atoms with Gasteiger partial charge in [-0.2, -0.15) is 10.2 Å². The molecule has 4 rings (SSSR count). The van der Waals surface area contributed by atoms with Crippen LogP contribution in [0.25, 0.3) is 11.4 Å². The van der Waals surface area contributed by atoms with Crippen molar-refractivity contribution in [2.75, 3.05) is 18.6 Å². The number of carbonyl (C=O) groups is 1. The number of anilines is 1. The molecule has 0 unspecified atom stereocenters. The van der Waals surface area contributed by atoms with Crippen LogP contribution < -0.4 is 15.4 Å². The van der Waals surface area contributed by atoms with E-state index in [-0.39, 0.29) is 6.61 Å². The van der Waals surface area contributed by atoms with Gasteiger partial charge in [-0.3, -0.25) is 4.79 Å². The average Bonchev–Trinajstić information content (AvgIpc) is 2.77. The Morgan fingerprint density at radius 3 is 2.71 bits per heavy atom. The molecular weight excluding hydrogens is 418 g/mol. The van der Waals surface area contributed by atoms with Crippen molar-refractivity contribution in [3.63, 3.8) is 0 Å². The SMILES string of the molecule is Cc1cnc(-c2cc(OCC(=O)Cl)c3c(c2)C(NCc2ccc(C)nn2)=NCN3)nc1. The molecule has 1 aromatic carbocycles. The maximum Gasteiger partial charge on any atom is 0.259 e. The minimum atomic E-state index is -0.591. The van der Waals surface area contributed by atoms with Crippen LogP contribution in [0.5, 0.6) is 5.75 Å². The monoisotopic (exact) mass is 437 g/mol. The van der Waals surface area contributed by atoms with Crippen molar-refractivity contribution >= 4 is 28.4 Å². The van der Waals surface area contributed by atoms with Crippen molar-refractivity contribution in [3.05, 3.63) is 59.2 Å². The van der Waals surface area contributed by atoms with Crippen LogP contribution in [-0.4, -0.2) is 44.5 Å². The second kappa shape index (κ2) is 9.05. The lowest BCUT2D eigenvalue weighted by Gasteiger charge is -2.23. The quantitative estimate of drug-likeness (QED) is 0.565. The van der Waals surface area contributed by atoms with Crippen LogP contribution in [0.2, 0.25) is 0 Å². The number of carbonyl (C=O) groups excluding carboxylic acids is 1. The van der Waals surface area contributed by atoms with Crippen molar-refractivity contribution in [2.24, 2.45) is 4.99 Å². The highest BCUT2D eigenvalue weighted by Crippen LogP contribution is 2.35. The van der Waals surface area contributed by atoms with E-state index < -0.39 is 5.24 Å². The summed E-state index contributed by atoms with van der Waals surface area (Å²) in [5.41, 5.74) is 4.80. The molecule has 158 valence electrons. The number of hydrogen-bond acceptors (Lipinski definition) is 9. The third-order valence-corrected chi connectivity index (χ3v) is 4.63. The van der Waals surface area contributed by atoms with Crippen molar-refractivity contribution < 1.29 is 9.53 Å². The smallest absolute Gasteiger partial charge is 0.259 e. The standard InChI is InChI=1S/C21H20ClN7O2/c1-12-7-23-20(24-8-12)14-5-16-19(17(6-14)31-10-18(22)30)26-11-27-21(16)25-9-15-4-3-13(2)28-29-15/h3-8,26H,9-11H2,1-2H3,(H,25,27). The molecule has 2 aromatic heterocycles. The van der Waals surface area contributed by atoms with Crippen molar-refractivity contribution in [2.45, 2.75) is 20.4 Å². The van der Waals surface area contributed by atoms with E-state index in [4.69, 9.17) is 16.3 Å². The zero-order chi connectivity index (χ0) is 21.8. The normalized spacial score (nSPS) is 12.4. The van der Waals surface area contributed by atoms with Crippen molar-refractivity contribution in [3.8, 4) is 17.1 Å². The molecule has 31 heavy (non-hydrogen) atoms. The molecule has 9 nitrogen and oxygen atoms in total. The largest absolute Gasteiger partial charge is 0.482 e. The van der Waals surface area contributed by atoms with E-state index in [9.17, 15) is 4.79 Å². The highest BCUT2D eigenvalue weighted by molar-refractivity contribution is 6.63. The van der Waals surface area contributed by atoms with Gasteiger partial charge in [0, 0.05) is 23.5 Å². The van der Waals surface area contributed by atoms with Gasteiger partial charge in [-0.15, -0.1) is 0 Å². The van der Waals surface area contributed by atoms with Crippen LogP contribution in [0.15, 0.2) is 41.7 Å². The van der Waals surface area contributed by atoms with Crippen LogP contribution >= 0.6 is 11.6 Å². The van der Waals surface area contributed by atoms with Gasteiger partial charge in [0.1, 0.15) is 18.3 Å². The van der Waals surface area contributed by atoms with E-state index in [1.54, 1.807) is 18.5 Å². The summed E-state index contributed by atoms with van der Waals surface area (Å²) in [5.74, 6) is 1.66. The summed E-state index contributed by atoms with van der Waals surface area (Å²) in [7, 11) is 0. The predicted octanol–water partition coefficient (Wildman–Crippen LogP) is 2.61. The number of hydrogen-bond donors (Lipinski definition) is 2. The average molecular weight is 438 g/mol. The molecule has 0 amide bonds. The predicted molar refractivity (Wildman–Crippen MR) is 117 cm³/mol. The Morgan fingerprint density at radius 1 is 1.19 bits per heavy atom. The number of halogens is 1. The Bertz CT molecular complexity index is 1130. The number of nitrogens with one attached hydrogen (secondary N) is 2. The molecule has 0 bridgehead atoms. The van der Waals surface area contributed by atoms with Crippen molar-refractivity contribution in [1.29, 1.82) is 0 Å². The Kier molecular flexibility index (Phi) is 6.03. The van der Waals surface area contributed by atoms with E-state index in [1.165, 1.54) is 0 Å². The lowest BCUT2D eigenvalue weighted by atomic mass is 10.0. The maximum atomic E-state index is 11.3. The van der Waals surface area contributed by atoms with E-state index in [0.29, 0.717) is 36.3 Å². The van der Waals surface area contributed by atoms with Crippen molar-refractivity contribution in [1.82, 2.24) is 25.5 Å². The molecule has 0 aliphatic carbocycles. The van der Waals surface area contributed by atoms with E-state index in [0.717, 1.165) is 28.1 Å². The first-order chi connectivity index (χ1) is 15.0. The van der Waals surface area contributed by atoms with E-state index >= 15 is 0 Å².